The molecule has 0 aliphatic carbocycles. The van der Waals surface area contributed by atoms with Crippen LogP contribution >= 0.6 is 0 Å². The Morgan fingerprint density at radius 1 is 1.23 bits per heavy atom. The Kier molecular flexibility index (Phi) is 4.56. The maximum Gasteiger partial charge on any atom is 0.134 e. The average molecular weight is 296 g/mol. The van der Waals surface area contributed by atoms with Crippen molar-refractivity contribution < 1.29 is 0 Å². The fourth-order valence-electron chi connectivity index (χ4n) is 3.05. The van der Waals surface area contributed by atoms with Gasteiger partial charge in [0, 0.05) is 32.7 Å². The standard InChI is InChI=1S/C18H24N4/c1-15-7-6-10-22(12-15)18-11-17(19-14-20-18)21(2)13-16-8-4-3-5-9-16/h3-5,8-9,11,14-15H,6-7,10,12-13H2,1-2H3. The van der Waals surface area contributed by atoms with E-state index >= 15 is 0 Å². The van der Waals surface area contributed by atoms with Crippen molar-refractivity contribution in [1.82, 2.24) is 9.97 Å². The van der Waals surface area contributed by atoms with Crippen LogP contribution in [0.15, 0.2) is 42.7 Å². The number of piperidine rings is 1. The van der Waals surface area contributed by atoms with Crippen LogP contribution in [0.4, 0.5) is 11.6 Å². The molecule has 2 heterocycles. The zero-order valence-corrected chi connectivity index (χ0v) is 13.4. The lowest BCUT2D eigenvalue weighted by Crippen LogP contribution is -2.35. The van der Waals surface area contributed by atoms with Crippen LogP contribution < -0.4 is 9.80 Å². The molecule has 0 N–H and O–H groups in total. The third kappa shape index (κ3) is 3.56. The molecule has 3 rings (SSSR count). The van der Waals surface area contributed by atoms with Crippen molar-refractivity contribution in [2.75, 3.05) is 29.9 Å². The van der Waals surface area contributed by atoms with Crippen LogP contribution in [0.3, 0.4) is 0 Å². The van der Waals surface area contributed by atoms with Crippen molar-refractivity contribution in [3.63, 3.8) is 0 Å². The summed E-state index contributed by atoms with van der Waals surface area (Å²) in [7, 11) is 2.08. The van der Waals surface area contributed by atoms with Crippen LogP contribution in [0.5, 0.6) is 0 Å². The van der Waals surface area contributed by atoms with Gasteiger partial charge in [-0.3, -0.25) is 0 Å². The molecule has 116 valence electrons. The predicted molar refractivity (Wildman–Crippen MR) is 91.2 cm³/mol. The van der Waals surface area contributed by atoms with Crippen LogP contribution in [0.1, 0.15) is 25.3 Å². The maximum absolute atomic E-state index is 4.48. The molecule has 0 spiro atoms. The third-order valence-corrected chi connectivity index (χ3v) is 4.27. The van der Waals surface area contributed by atoms with Crippen LogP contribution in [0.2, 0.25) is 0 Å². The molecule has 4 nitrogen and oxygen atoms in total. The van der Waals surface area contributed by atoms with Crippen LogP contribution in [0, 0.1) is 5.92 Å². The zero-order chi connectivity index (χ0) is 15.4. The average Bonchev–Trinajstić information content (AvgIpc) is 2.56. The fraction of sp³-hybridized carbons (Fsp3) is 0.444. The van der Waals surface area contributed by atoms with Crippen molar-refractivity contribution in [2.24, 2.45) is 5.92 Å². The van der Waals surface area contributed by atoms with E-state index in [0.717, 1.165) is 37.2 Å². The summed E-state index contributed by atoms with van der Waals surface area (Å²) in [6.07, 6.45) is 4.26. The van der Waals surface area contributed by atoms with E-state index in [9.17, 15) is 0 Å². The van der Waals surface area contributed by atoms with Gasteiger partial charge < -0.3 is 9.80 Å². The van der Waals surface area contributed by atoms with E-state index in [1.165, 1.54) is 18.4 Å². The molecule has 1 unspecified atom stereocenters. The smallest absolute Gasteiger partial charge is 0.134 e. The molecule has 1 aromatic heterocycles. The molecule has 0 amide bonds. The highest BCUT2D eigenvalue weighted by atomic mass is 15.2. The van der Waals surface area contributed by atoms with Gasteiger partial charge in [0.1, 0.15) is 18.0 Å². The molecule has 0 saturated carbocycles. The summed E-state index contributed by atoms with van der Waals surface area (Å²) in [6.45, 7) is 5.37. The van der Waals surface area contributed by atoms with Crippen LogP contribution in [-0.4, -0.2) is 30.1 Å². The molecule has 1 saturated heterocycles. The van der Waals surface area contributed by atoms with Crippen LogP contribution in [-0.2, 0) is 6.54 Å². The Bertz CT molecular complexity index is 599. The van der Waals surface area contributed by atoms with Crippen molar-refractivity contribution in [3.8, 4) is 0 Å². The van der Waals surface area contributed by atoms with Crippen molar-refractivity contribution in [2.45, 2.75) is 26.3 Å². The molecule has 2 aromatic rings. The second-order valence-corrected chi connectivity index (χ2v) is 6.27. The van der Waals surface area contributed by atoms with Gasteiger partial charge in [-0.1, -0.05) is 37.3 Å². The molecular weight excluding hydrogens is 272 g/mol. The highest BCUT2D eigenvalue weighted by Gasteiger charge is 2.18. The minimum Gasteiger partial charge on any atom is -0.356 e. The molecule has 0 bridgehead atoms. The molecule has 1 aromatic carbocycles. The lowest BCUT2D eigenvalue weighted by Gasteiger charge is -2.32. The Hall–Kier alpha value is -2.10. The molecule has 1 fully saturated rings. The highest BCUT2D eigenvalue weighted by Crippen LogP contribution is 2.23. The lowest BCUT2D eigenvalue weighted by atomic mass is 10.0. The van der Waals surface area contributed by atoms with Crippen molar-refractivity contribution in [3.05, 3.63) is 48.3 Å². The Balaban J connectivity index is 1.73. The van der Waals surface area contributed by atoms with E-state index < -0.39 is 0 Å². The van der Waals surface area contributed by atoms with E-state index in [-0.39, 0.29) is 0 Å². The van der Waals surface area contributed by atoms with Gasteiger partial charge in [0.25, 0.3) is 0 Å². The van der Waals surface area contributed by atoms with Gasteiger partial charge in [-0.25, -0.2) is 9.97 Å². The first-order valence-electron chi connectivity index (χ1n) is 8.04. The highest BCUT2D eigenvalue weighted by molar-refractivity contribution is 5.50. The third-order valence-electron chi connectivity index (χ3n) is 4.27. The minimum absolute atomic E-state index is 0.745. The van der Waals surface area contributed by atoms with Gasteiger partial charge in [-0.05, 0) is 24.3 Å². The summed E-state index contributed by atoms with van der Waals surface area (Å²) in [6, 6.07) is 12.6. The van der Waals surface area contributed by atoms with E-state index in [1.807, 2.05) is 6.07 Å². The molecular formula is C18H24N4. The summed E-state index contributed by atoms with van der Waals surface area (Å²) in [5.74, 6) is 2.78. The summed E-state index contributed by atoms with van der Waals surface area (Å²) in [5, 5.41) is 0. The fourth-order valence-corrected chi connectivity index (χ4v) is 3.05. The van der Waals surface area contributed by atoms with Gasteiger partial charge in [0.15, 0.2) is 0 Å². The Morgan fingerprint density at radius 3 is 2.82 bits per heavy atom. The number of aromatic nitrogens is 2. The first kappa shape index (κ1) is 14.8. The molecule has 1 aliphatic rings. The van der Waals surface area contributed by atoms with Crippen LogP contribution in [0.25, 0.3) is 0 Å². The van der Waals surface area contributed by atoms with Crippen molar-refractivity contribution >= 4 is 11.6 Å². The molecule has 1 atom stereocenters. The van der Waals surface area contributed by atoms with Gasteiger partial charge in [0.2, 0.25) is 0 Å². The van der Waals surface area contributed by atoms with E-state index in [0.29, 0.717) is 0 Å². The maximum atomic E-state index is 4.48. The number of hydrogen-bond donors (Lipinski definition) is 0. The quantitative estimate of drug-likeness (QED) is 0.866. The SMILES string of the molecule is CC1CCCN(c2cc(N(C)Cc3ccccc3)ncn2)C1. The molecule has 0 radical (unpaired) electrons. The number of hydrogen-bond acceptors (Lipinski definition) is 4. The Morgan fingerprint density at radius 2 is 2.05 bits per heavy atom. The second-order valence-electron chi connectivity index (χ2n) is 6.27. The monoisotopic (exact) mass is 296 g/mol. The van der Waals surface area contributed by atoms with Crippen molar-refractivity contribution in [1.29, 1.82) is 0 Å². The minimum atomic E-state index is 0.745. The summed E-state index contributed by atoms with van der Waals surface area (Å²) < 4.78 is 0. The zero-order valence-electron chi connectivity index (χ0n) is 13.4. The molecule has 4 heteroatoms. The predicted octanol–water partition coefficient (Wildman–Crippen LogP) is 3.35. The first-order valence-corrected chi connectivity index (χ1v) is 8.04. The number of nitrogens with zero attached hydrogens (tertiary/aromatic N) is 4. The summed E-state index contributed by atoms with van der Waals surface area (Å²) in [4.78, 5) is 13.5. The summed E-state index contributed by atoms with van der Waals surface area (Å²) >= 11 is 0. The normalized spacial score (nSPS) is 18.3. The van der Waals surface area contributed by atoms with Gasteiger partial charge >= 0.3 is 0 Å². The number of anilines is 2. The molecule has 22 heavy (non-hydrogen) atoms. The molecule has 1 aliphatic heterocycles. The van der Waals surface area contributed by atoms with E-state index in [4.69, 9.17) is 0 Å². The number of benzene rings is 1. The van der Waals surface area contributed by atoms with E-state index in [1.54, 1.807) is 6.33 Å². The second kappa shape index (κ2) is 6.77. The van der Waals surface area contributed by atoms with E-state index in [2.05, 4.69) is 64.1 Å². The number of rotatable bonds is 4. The van der Waals surface area contributed by atoms with Gasteiger partial charge in [-0.15, -0.1) is 0 Å². The first-order chi connectivity index (χ1) is 10.7. The Labute approximate surface area is 132 Å². The largest absolute Gasteiger partial charge is 0.356 e. The van der Waals surface area contributed by atoms with Gasteiger partial charge in [-0.2, -0.15) is 0 Å². The topological polar surface area (TPSA) is 32.3 Å². The summed E-state index contributed by atoms with van der Waals surface area (Å²) in [5.41, 5.74) is 1.29. The van der Waals surface area contributed by atoms with Gasteiger partial charge in [0.05, 0.1) is 0 Å². The lowest BCUT2D eigenvalue weighted by molar-refractivity contribution is 0.444.